The van der Waals surface area contributed by atoms with Crippen LogP contribution in [0.2, 0.25) is 0 Å². The second-order valence-corrected chi connectivity index (χ2v) is 17.0. The first-order chi connectivity index (χ1) is 29.6. The third-order valence-electron chi connectivity index (χ3n) is 11.0. The highest BCUT2D eigenvalue weighted by atomic mass is 16.6. The predicted octanol–water partition coefficient (Wildman–Crippen LogP) is 17.3. The zero-order chi connectivity index (χ0) is 43.5. The highest BCUT2D eigenvalue weighted by Crippen LogP contribution is 2.15. The molecule has 0 aromatic heterocycles. The van der Waals surface area contributed by atoms with E-state index < -0.39 is 6.10 Å². The number of hydrogen-bond acceptors (Lipinski definition) is 5. The molecule has 0 saturated carbocycles. The van der Waals surface area contributed by atoms with Crippen LogP contribution in [0.3, 0.4) is 0 Å². The molecule has 0 heterocycles. The Hall–Kier alpha value is -2.40. The number of rotatable bonds is 47. The van der Waals surface area contributed by atoms with E-state index in [4.69, 9.17) is 14.2 Å². The Morgan fingerprint density at radius 3 is 1.25 bits per heavy atom. The minimum atomic E-state index is -0.552. The van der Waals surface area contributed by atoms with Crippen LogP contribution in [0, 0.1) is 0 Å². The molecule has 0 aliphatic rings. The van der Waals surface area contributed by atoms with Gasteiger partial charge in [-0.25, -0.2) is 0 Å². The van der Waals surface area contributed by atoms with Gasteiger partial charge < -0.3 is 14.2 Å². The maximum Gasteiger partial charge on any atom is 0.306 e. The third kappa shape index (κ3) is 48.3. The van der Waals surface area contributed by atoms with Gasteiger partial charge in [-0.3, -0.25) is 9.59 Å². The van der Waals surface area contributed by atoms with Crippen molar-refractivity contribution in [1.29, 1.82) is 0 Å². The molecule has 60 heavy (non-hydrogen) atoms. The molecule has 5 nitrogen and oxygen atoms in total. The summed E-state index contributed by atoms with van der Waals surface area (Å²) in [6.07, 6.45) is 63.7. The van der Waals surface area contributed by atoms with Crippen molar-refractivity contribution in [3.8, 4) is 0 Å². The van der Waals surface area contributed by atoms with Crippen LogP contribution in [0.1, 0.15) is 252 Å². The zero-order valence-electron chi connectivity index (χ0n) is 40.0. The van der Waals surface area contributed by atoms with Crippen molar-refractivity contribution in [2.24, 2.45) is 0 Å². The van der Waals surface area contributed by atoms with Gasteiger partial charge in [0.05, 0.1) is 6.61 Å². The largest absolute Gasteiger partial charge is 0.462 e. The SMILES string of the molecule is CC/C=C\C/C=C\C/C=C\CCCCCC(=O)OC(COCCCCCCCCCCCCCCCC)COC(=O)CCCCCCCCC/C=C\C/C=C\CCCCC. The molecule has 0 spiro atoms. The molecular weight excluding hydrogens is 741 g/mol. The molecule has 5 heteroatoms. The molecule has 0 radical (unpaired) electrons. The molecule has 0 saturated heterocycles. The van der Waals surface area contributed by atoms with Gasteiger partial charge in [0.2, 0.25) is 0 Å². The van der Waals surface area contributed by atoms with E-state index in [1.54, 1.807) is 0 Å². The first-order valence-electron chi connectivity index (χ1n) is 25.8. The highest BCUT2D eigenvalue weighted by Gasteiger charge is 2.17. The van der Waals surface area contributed by atoms with Crippen LogP contribution in [0.4, 0.5) is 0 Å². The summed E-state index contributed by atoms with van der Waals surface area (Å²) in [5.74, 6) is -0.433. The van der Waals surface area contributed by atoms with Gasteiger partial charge in [0.15, 0.2) is 6.10 Å². The summed E-state index contributed by atoms with van der Waals surface area (Å²) >= 11 is 0. The topological polar surface area (TPSA) is 61.8 Å². The normalized spacial score (nSPS) is 12.7. The molecule has 0 aliphatic carbocycles. The summed E-state index contributed by atoms with van der Waals surface area (Å²) in [6, 6.07) is 0. The Labute approximate surface area is 373 Å². The molecule has 0 N–H and O–H groups in total. The molecule has 0 amide bonds. The van der Waals surface area contributed by atoms with Gasteiger partial charge in [-0.05, 0) is 83.5 Å². The number of unbranched alkanes of at least 4 members (excludes halogenated alkanes) is 26. The lowest BCUT2D eigenvalue weighted by molar-refractivity contribution is -0.163. The second kappa shape index (κ2) is 51.0. The number of carbonyl (C=O) groups excluding carboxylic acids is 2. The van der Waals surface area contributed by atoms with Gasteiger partial charge in [0, 0.05) is 19.4 Å². The van der Waals surface area contributed by atoms with Crippen molar-refractivity contribution in [2.75, 3.05) is 19.8 Å². The molecule has 0 aromatic carbocycles. The minimum absolute atomic E-state index is 0.0706. The van der Waals surface area contributed by atoms with Gasteiger partial charge in [-0.1, -0.05) is 216 Å². The summed E-state index contributed by atoms with van der Waals surface area (Å²) in [6.45, 7) is 7.68. The highest BCUT2D eigenvalue weighted by molar-refractivity contribution is 5.70. The molecule has 0 fully saturated rings. The molecule has 1 atom stereocenters. The van der Waals surface area contributed by atoms with Crippen LogP contribution >= 0.6 is 0 Å². The Balaban J connectivity index is 4.29. The lowest BCUT2D eigenvalue weighted by Gasteiger charge is -2.18. The lowest BCUT2D eigenvalue weighted by atomic mass is 10.0. The fourth-order valence-corrected chi connectivity index (χ4v) is 7.20. The first-order valence-corrected chi connectivity index (χ1v) is 25.8. The lowest BCUT2D eigenvalue weighted by Crippen LogP contribution is -2.30. The summed E-state index contributed by atoms with van der Waals surface area (Å²) in [7, 11) is 0. The number of carbonyl (C=O) groups is 2. The van der Waals surface area contributed by atoms with Crippen LogP contribution in [-0.4, -0.2) is 37.9 Å². The maximum atomic E-state index is 12.8. The van der Waals surface area contributed by atoms with Crippen LogP contribution in [0.5, 0.6) is 0 Å². The van der Waals surface area contributed by atoms with E-state index in [1.807, 2.05) is 0 Å². The molecule has 1 unspecified atom stereocenters. The van der Waals surface area contributed by atoms with E-state index in [1.165, 1.54) is 135 Å². The van der Waals surface area contributed by atoms with Crippen molar-refractivity contribution >= 4 is 11.9 Å². The van der Waals surface area contributed by atoms with E-state index in [2.05, 4.69) is 81.5 Å². The number of esters is 2. The van der Waals surface area contributed by atoms with Crippen molar-refractivity contribution in [3.63, 3.8) is 0 Å². The van der Waals surface area contributed by atoms with Crippen LogP contribution < -0.4 is 0 Å². The summed E-state index contributed by atoms with van der Waals surface area (Å²) in [4.78, 5) is 25.4. The maximum absolute atomic E-state index is 12.8. The van der Waals surface area contributed by atoms with Crippen molar-refractivity contribution in [3.05, 3.63) is 60.8 Å². The Morgan fingerprint density at radius 2 is 0.750 bits per heavy atom. The minimum Gasteiger partial charge on any atom is -0.462 e. The van der Waals surface area contributed by atoms with E-state index in [0.29, 0.717) is 19.4 Å². The smallest absolute Gasteiger partial charge is 0.306 e. The number of hydrogen-bond donors (Lipinski definition) is 0. The monoisotopic (exact) mass is 839 g/mol. The van der Waals surface area contributed by atoms with E-state index in [0.717, 1.165) is 83.5 Å². The van der Waals surface area contributed by atoms with E-state index >= 15 is 0 Å². The average Bonchev–Trinajstić information content (AvgIpc) is 3.25. The summed E-state index contributed by atoms with van der Waals surface area (Å²) in [5.41, 5.74) is 0. The molecule has 0 bridgehead atoms. The molecule has 0 aromatic rings. The fraction of sp³-hybridized carbons (Fsp3) is 0.782. The van der Waals surface area contributed by atoms with Gasteiger partial charge >= 0.3 is 11.9 Å². The van der Waals surface area contributed by atoms with Gasteiger partial charge in [0.1, 0.15) is 6.61 Å². The first kappa shape index (κ1) is 57.6. The standard InChI is InChI=1S/C55H98O5/c1-4-7-10-13-16-19-22-25-27-28-29-31-33-36-39-42-45-48-54(56)59-52-53(51-58-50-47-44-41-38-35-32-26-23-20-17-14-11-8-5-2)60-55(57)49-46-43-40-37-34-30-24-21-18-15-12-9-6-3/h9,12,16,18-19,21,25,27,30,34,53H,4-8,10-11,13-15,17,20,22-24,26,28-29,31-33,35-52H2,1-3H3/b12-9-,19-16-,21-18-,27-25-,34-30-. The Kier molecular flexibility index (Phi) is 48.9. The van der Waals surface area contributed by atoms with E-state index in [-0.39, 0.29) is 25.2 Å². The van der Waals surface area contributed by atoms with E-state index in [9.17, 15) is 9.59 Å². The molecular formula is C55H98O5. The van der Waals surface area contributed by atoms with Crippen LogP contribution in [0.15, 0.2) is 60.8 Å². The predicted molar refractivity (Wildman–Crippen MR) is 261 cm³/mol. The van der Waals surface area contributed by atoms with Gasteiger partial charge in [-0.15, -0.1) is 0 Å². The van der Waals surface area contributed by atoms with Crippen molar-refractivity contribution in [1.82, 2.24) is 0 Å². The third-order valence-corrected chi connectivity index (χ3v) is 11.0. The van der Waals surface area contributed by atoms with Crippen molar-refractivity contribution < 1.29 is 23.8 Å². The van der Waals surface area contributed by atoms with Crippen LogP contribution in [0.25, 0.3) is 0 Å². The van der Waals surface area contributed by atoms with Crippen LogP contribution in [-0.2, 0) is 23.8 Å². The molecule has 348 valence electrons. The summed E-state index contributed by atoms with van der Waals surface area (Å²) in [5, 5.41) is 0. The number of allylic oxidation sites excluding steroid dienone is 10. The molecule has 0 aliphatic heterocycles. The summed E-state index contributed by atoms with van der Waals surface area (Å²) < 4.78 is 17.4. The van der Waals surface area contributed by atoms with Gasteiger partial charge in [0.25, 0.3) is 0 Å². The zero-order valence-corrected chi connectivity index (χ0v) is 40.0. The van der Waals surface area contributed by atoms with Crippen molar-refractivity contribution in [2.45, 2.75) is 258 Å². The second-order valence-electron chi connectivity index (χ2n) is 17.0. The fourth-order valence-electron chi connectivity index (χ4n) is 7.20. The Morgan fingerprint density at radius 1 is 0.383 bits per heavy atom. The molecule has 0 rings (SSSR count). The average molecular weight is 839 g/mol. The number of ether oxygens (including phenoxy) is 3. The Bertz CT molecular complexity index is 1040. The quantitative estimate of drug-likeness (QED) is 0.0347. The van der Waals surface area contributed by atoms with Gasteiger partial charge in [-0.2, -0.15) is 0 Å².